The predicted molar refractivity (Wildman–Crippen MR) is 76.2 cm³/mol. The number of aryl methyl sites for hydroxylation is 1. The Morgan fingerprint density at radius 2 is 2.06 bits per heavy atom. The molecule has 0 radical (unpaired) electrons. The number of rotatable bonds is 4. The smallest absolute Gasteiger partial charge is 0.0485 e. The van der Waals surface area contributed by atoms with E-state index in [1.165, 1.54) is 16.8 Å². The van der Waals surface area contributed by atoms with Gasteiger partial charge >= 0.3 is 0 Å². The summed E-state index contributed by atoms with van der Waals surface area (Å²) in [6.07, 6.45) is 3.21. The number of benzene rings is 1. The molecule has 0 unspecified atom stereocenters. The lowest BCUT2D eigenvalue weighted by Gasteiger charge is -2.34. The summed E-state index contributed by atoms with van der Waals surface area (Å²) in [5.41, 5.74) is 9.61. The maximum absolute atomic E-state index is 5.60. The highest BCUT2D eigenvalue weighted by molar-refractivity contribution is 5.54. The first-order valence-electron chi connectivity index (χ1n) is 6.82. The van der Waals surface area contributed by atoms with Gasteiger partial charge in [0.2, 0.25) is 0 Å². The van der Waals surface area contributed by atoms with Gasteiger partial charge in [-0.3, -0.25) is 0 Å². The van der Waals surface area contributed by atoms with Gasteiger partial charge in [0, 0.05) is 32.0 Å². The third-order valence-electron chi connectivity index (χ3n) is 3.81. The minimum atomic E-state index is 0.609. The van der Waals surface area contributed by atoms with Crippen molar-refractivity contribution in [3.63, 3.8) is 0 Å². The third-order valence-corrected chi connectivity index (χ3v) is 3.81. The Bertz CT molecular complexity index is 386. The van der Waals surface area contributed by atoms with Gasteiger partial charge in [0.15, 0.2) is 0 Å². The van der Waals surface area contributed by atoms with Crippen LogP contribution in [0.25, 0.3) is 0 Å². The first kappa shape index (κ1) is 13.4. The molecule has 3 heteroatoms. The molecule has 1 saturated heterocycles. The molecule has 3 nitrogen and oxygen atoms in total. The Kier molecular flexibility index (Phi) is 4.61. The fourth-order valence-electron chi connectivity index (χ4n) is 2.70. The molecule has 0 spiro atoms. The van der Waals surface area contributed by atoms with Crippen LogP contribution in [-0.2, 0) is 11.2 Å². The summed E-state index contributed by atoms with van der Waals surface area (Å²) in [4.78, 5) is 2.41. The van der Waals surface area contributed by atoms with Crippen LogP contribution in [0.2, 0.25) is 0 Å². The summed E-state index contributed by atoms with van der Waals surface area (Å²) >= 11 is 0. The molecule has 0 bridgehead atoms. The standard InChI is InChI=1S/C15H24N2O/c1-12-11-13(5-8-16)3-4-15(12)17(2)14-6-9-18-10-7-14/h3-4,11,14H,5-10,16H2,1-2H3. The fourth-order valence-corrected chi connectivity index (χ4v) is 2.70. The number of ether oxygens (including phenoxy) is 1. The second-order valence-corrected chi connectivity index (χ2v) is 5.11. The minimum Gasteiger partial charge on any atom is -0.381 e. The Balaban J connectivity index is 2.11. The van der Waals surface area contributed by atoms with Crippen LogP contribution in [-0.4, -0.2) is 32.8 Å². The van der Waals surface area contributed by atoms with Gasteiger partial charge in [0.25, 0.3) is 0 Å². The van der Waals surface area contributed by atoms with Crippen LogP contribution in [0.15, 0.2) is 18.2 Å². The lowest BCUT2D eigenvalue weighted by molar-refractivity contribution is 0.0854. The molecule has 100 valence electrons. The van der Waals surface area contributed by atoms with Gasteiger partial charge in [-0.05, 0) is 49.9 Å². The largest absolute Gasteiger partial charge is 0.381 e. The van der Waals surface area contributed by atoms with E-state index in [1.807, 2.05) is 0 Å². The van der Waals surface area contributed by atoms with Crippen LogP contribution >= 0.6 is 0 Å². The molecule has 1 aromatic rings. The van der Waals surface area contributed by atoms with Crippen LogP contribution in [0.4, 0.5) is 5.69 Å². The lowest BCUT2D eigenvalue weighted by atomic mass is 10.0. The summed E-state index contributed by atoms with van der Waals surface area (Å²) in [5.74, 6) is 0. The first-order chi connectivity index (χ1) is 8.72. The van der Waals surface area contributed by atoms with E-state index in [1.54, 1.807) is 0 Å². The van der Waals surface area contributed by atoms with Crippen LogP contribution < -0.4 is 10.6 Å². The lowest BCUT2D eigenvalue weighted by Crippen LogP contribution is -2.37. The predicted octanol–water partition coefficient (Wildman–Crippen LogP) is 2.11. The molecule has 0 saturated carbocycles. The van der Waals surface area contributed by atoms with E-state index in [0.717, 1.165) is 32.5 Å². The Hall–Kier alpha value is -1.06. The van der Waals surface area contributed by atoms with Gasteiger partial charge in [0.1, 0.15) is 0 Å². The molecule has 1 aliphatic heterocycles. The maximum atomic E-state index is 5.60. The van der Waals surface area contributed by atoms with Gasteiger partial charge in [-0.15, -0.1) is 0 Å². The van der Waals surface area contributed by atoms with Gasteiger partial charge < -0.3 is 15.4 Å². The molecule has 2 rings (SSSR count). The monoisotopic (exact) mass is 248 g/mol. The molecular formula is C15H24N2O. The highest BCUT2D eigenvalue weighted by Crippen LogP contribution is 2.25. The third kappa shape index (κ3) is 3.03. The average Bonchev–Trinajstić information content (AvgIpc) is 2.40. The van der Waals surface area contributed by atoms with Crippen molar-refractivity contribution in [1.29, 1.82) is 0 Å². The number of anilines is 1. The van der Waals surface area contributed by atoms with Gasteiger partial charge in [-0.2, -0.15) is 0 Å². The van der Waals surface area contributed by atoms with Crippen LogP contribution in [0.1, 0.15) is 24.0 Å². The summed E-state index contributed by atoms with van der Waals surface area (Å²) < 4.78 is 5.43. The highest BCUT2D eigenvalue weighted by atomic mass is 16.5. The van der Waals surface area contributed by atoms with E-state index in [2.05, 4.69) is 37.1 Å². The molecule has 0 aromatic heterocycles. The van der Waals surface area contributed by atoms with Gasteiger partial charge in [0.05, 0.1) is 0 Å². The molecule has 18 heavy (non-hydrogen) atoms. The topological polar surface area (TPSA) is 38.5 Å². The average molecular weight is 248 g/mol. The molecule has 1 aromatic carbocycles. The van der Waals surface area contributed by atoms with Crippen molar-refractivity contribution in [2.45, 2.75) is 32.2 Å². The van der Waals surface area contributed by atoms with E-state index >= 15 is 0 Å². The van der Waals surface area contributed by atoms with Crippen molar-refractivity contribution in [2.24, 2.45) is 5.73 Å². The number of nitrogens with two attached hydrogens (primary N) is 1. The zero-order chi connectivity index (χ0) is 13.0. The van der Waals surface area contributed by atoms with Crippen molar-refractivity contribution >= 4 is 5.69 Å². The quantitative estimate of drug-likeness (QED) is 0.887. The van der Waals surface area contributed by atoms with Crippen LogP contribution in [0.3, 0.4) is 0 Å². The molecule has 0 atom stereocenters. The molecule has 2 N–H and O–H groups in total. The van der Waals surface area contributed by atoms with Crippen LogP contribution in [0.5, 0.6) is 0 Å². The van der Waals surface area contributed by atoms with Gasteiger partial charge in [-0.25, -0.2) is 0 Å². The van der Waals surface area contributed by atoms with Crippen molar-refractivity contribution in [3.8, 4) is 0 Å². The molecule has 1 fully saturated rings. The second-order valence-electron chi connectivity index (χ2n) is 5.11. The highest BCUT2D eigenvalue weighted by Gasteiger charge is 2.19. The second kappa shape index (κ2) is 6.21. The van der Waals surface area contributed by atoms with E-state index in [0.29, 0.717) is 12.6 Å². The SMILES string of the molecule is Cc1cc(CCN)ccc1N(C)C1CCOCC1. The van der Waals surface area contributed by atoms with Crippen molar-refractivity contribution < 1.29 is 4.74 Å². The summed E-state index contributed by atoms with van der Waals surface area (Å²) in [5, 5.41) is 0. The normalized spacial score (nSPS) is 16.8. The van der Waals surface area contributed by atoms with Crippen molar-refractivity contribution in [3.05, 3.63) is 29.3 Å². The maximum Gasteiger partial charge on any atom is 0.0485 e. The number of hydrogen-bond donors (Lipinski definition) is 1. The summed E-state index contributed by atoms with van der Waals surface area (Å²) in [6.45, 7) is 4.68. The minimum absolute atomic E-state index is 0.609. The zero-order valence-corrected chi connectivity index (χ0v) is 11.5. The molecule has 0 aliphatic carbocycles. The molecule has 1 aliphatic rings. The molecule has 0 amide bonds. The van der Waals surface area contributed by atoms with Gasteiger partial charge in [-0.1, -0.05) is 12.1 Å². The van der Waals surface area contributed by atoms with E-state index in [4.69, 9.17) is 10.5 Å². The molecule has 1 heterocycles. The van der Waals surface area contributed by atoms with E-state index in [-0.39, 0.29) is 0 Å². The van der Waals surface area contributed by atoms with E-state index in [9.17, 15) is 0 Å². The number of nitrogens with zero attached hydrogens (tertiary/aromatic N) is 1. The van der Waals surface area contributed by atoms with Crippen molar-refractivity contribution in [1.82, 2.24) is 0 Å². The Morgan fingerprint density at radius 1 is 1.33 bits per heavy atom. The summed E-state index contributed by atoms with van der Waals surface area (Å²) in [6, 6.07) is 7.30. The number of hydrogen-bond acceptors (Lipinski definition) is 3. The first-order valence-corrected chi connectivity index (χ1v) is 6.82. The van der Waals surface area contributed by atoms with E-state index < -0.39 is 0 Å². The van der Waals surface area contributed by atoms with Crippen LogP contribution in [0, 0.1) is 6.92 Å². The Morgan fingerprint density at radius 3 is 2.67 bits per heavy atom. The Labute approximate surface area is 110 Å². The fraction of sp³-hybridized carbons (Fsp3) is 0.600. The molecular weight excluding hydrogens is 224 g/mol. The zero-order valence-electron chi connectivity index (χ0n) is 11.5. The van der Waals surface area contributed by atoms with Crippen molar-refractivity contribution in [2.75, 3.05) is 31.7 Å². The summed E-state index contributed by atoms with van der Waals surface area (Å²) in [7, 11) is 2.20.